The average molecular weight is 314 g/mol. The Morgan fingerprint density at radius 2 is 1.71 bits per heavy atom. The van der Waals surface area contributed by atoms with Gasteiger partial charge in [0, 0.05) is 30.8 Å². The number of unbranched alkanes of at least 4 members (excludes halogenated alkanes) is 1. The van der Waals surface area contributed by atoms with Crippen molar-refractivity contribution in [3.63, 3.8) is 0 Å². The van der Waals surface area contributed by atoms with Crippen LogP contribution in [0.2, 0.25) is 0 Å². The summed E-state index contributed by atoms with van der Waals surface area (Å²) in [6.07, 6.45) is 5.23. The van der Waals surface area contributed by atoms with Crippen LogP contribution in [0.5, 0.6) is 0 Å². The molecule has 0 N–H and O–H groups in total. The van der Waals surface area contributed by atoms with Crippen molar-refractivity contribution in [3.05, 3.63) is 0 Å². The van der Waals surface area contributed by atoms with Gasteiger partial charge in [0.05, 0.1) is 6.07 Å². The van der Waals surface area contributed by atoms with Crippen LogP contribution in [0, 0.1) is 17.2 Å². The lowest BCUT2D eigenvalue weighted by Crippen LogP contribution is -2.33. The maximum absolute atomic E-state index is 13.6. The third-order valence-electron chi connectivity index (χ3n) is 4.42. The molecule has 0 aromatic rings. The maximum atomic E-state index is 13.6. The molecule has 21 heavy (non-hydrogen) atoms. The highest BCUT2D eigenvalue weighted by Crippen LogP contribution is 2.58. The van der Waals surface area contributed by atoms with Crippen molar-refractivity contribution < 1.29 is 4.57 Å². The highest BCUT2D eigenvalue weighted by Gasteiger charge is 2.37. The van der Waals surface area contributed by atoms with Crippen LogP contribution in [0.3, 0.4) is 0 Å². The molecule has 0 bridgehead atoms. The van der Waals surface area contributed by atoms with Gasteiger partial charge in [-0.1, -0.05) is 60.8 Å². The molecule has 3 nitrogen and oxygen atoms in total. The Labute approximate surface area is 132 Å². The van der Waals surface area contributed by atoms with E-state index in [1.807, 2.05) is 0 Å². The molecule has 124 valence electrons. The summed E-state index contributed by atoms with van der Waals surface area (Å²) in [5.74, 6) is 0.592. The van der Waals surface area contributed by atoms with E-state index in [9.17, 15) is 4.57 Å². The molecule has 0 rings (SSSR count). The minimum absolute atomic E-state index is 0.153. The fourth-order valence-electron chi connectivity index (χ4n) is 3.02. The Kier molecular flexibility index (Phi) is 10.3. The van der Waals surface area contributed by atoms with Gasteiger partial charge >= 0.3 is 0 Å². The summed E-state index contributed by atoms with van der Waals surface area (Å²) in [6, 6.07) is 2.22. The van der Waals surface area contributed by atoms with Gasteiger partial charge in [0.25, 0.3) is 0 Å². The summed E-state index contributed by atoms with van der Waals surface area (Å²) >= 11 is 0. The minimum atomic E-state index is -2.42. The molecule has 0 aliphatic carbocycles. The van der Waals surface area contributed by atoms with E-state index in [-0.39, 0.29) is 11.3 Å². The van der Waals surface area contributed by atoms with E-state index in [4.69, 9.17) is 5.26 Å². The van der Waals surface area contributed by atoms with Gasteiger partial charge in [0.15, 0.2) is 7.29 Å². The third-order valence-corrected chi connectivity index (χ3v) is 8.62. The van der Waals surface area contributed by atoms with E-state index in [1.54, 1.807) is 0 Å². The summed E-state index contributed by atoms with van der Waals surface area (Å²) in [4.78, 5) is 0. The predicted molar refractivity (Wildman–Crippen MR) is 93.0 cm³/mol. The number of hydrogen-bond donors (Lipinski definition) is 0. The van der Waals surface area contributed by atoms with Crippen molar-refractivity contribution in [2.24, 2.45) is 5.92 Å². The Hall–Kier alpha value is -0.320. The minimum Gasteiger partial charge on any atom is -0.306 e. The Balaban J connectivity index is 5.16. The molecule has 0 aliphatic heterocycles. The summed E-state index contributed by atoms with van der Waals surface area (Å²) < 4.78 is 15.7. The lowest BCUT2D eigenvalue weighted by Gasteiger charge is -2.39. The third kappa shape index (κ3) is 6.13. The first kappa shape index (κ1) is 20.7. The van der Waals surface area contributed by atoms with Crippen LogP contribution in [0.25, 0.3) is 0 Å². The van der Waals surface area contributed by atoms with Gasteiger partial charge in [-0.25, -0.2) is 0 Å². The largest absolute Gasteiger partial charge is 0.306 e. The number of nitriles is 1. The van der Waals surface area contributed by atoms with Crippen LogP contribution in [0.1, 0.15) is 73.6 Å². The zero-order chi connectivity index (χ0) is 16.5. The van der Waals surface area contributed by atoms with Gasteiger partial charge in [0.2, 0.25) is 0 Å². The molecule has 0 heterocycles. The average Bonchev–Trinajstić information content (AvgIpc) is 2.45. The second-order valence-electron chi connectivity index (χ2n) is 6.60. The molecule has 0 saturated carbocycles. The second-order valence-corrected chi connectivity index (χ2v) is 10.6. The quantitative estimate of drug-likeness (QED) is 0.472. The molecular formula is C17H35N2OP. The van der Waals surface area contributed by atoms with Gasteiger partial charge in [-0.15, -0.1) is 0 Å². The molecule has 0 radical (unpaired) electrons. The number of rotatable bonds is 11. The van der Waals surface area contributed by atoms with E-state index in [2.05, 4.69) is 52.3 Å². The second kappa shape index (κ2) is 10.4. The molecule has 0 aromatic carbocycles. The molecule has 0 spiro atoms. The number of nitrogens with zero attached hydrogens (tertiary/aromatic N) is 2. The maximum Gasteiger partial charge on any atom is 0.155 e. The highest BCUT2D eigenvalue weighted by atomic mass is 31.2. The number of hydrogen-bond acceptors (Lipinski definition) is 2. The van der Waals surface area contributed by atoms with Crippen LogP contribution < -0.4 is 0 Å². The molecule has 0 fully saturated rings. The lowest BCUT2D eigenvalue weighted by atomic mass is 9.99. The molecule has 0 amide bonds. The van der Waals surface area contributed by atoms with Crippen LogP contribution in [0.15, 0.2) is 0 Å². The zero-order valence-corrected chi connectivity index (χ0v) is 15.8. The molecule has 0 aromatic heterocycles. The first-order valence-corrected chi connectivity index (χ1v) is 10.4. The Morgan fingerprint density at radius 1 is 1.14 bits per heavy atom. The monoisotopic (exact) mass is 314 g/mol. The SMILES string of the molecule is CCCCC(CC)CN(CCC#N)P(=O)(C(C)C)C(C)C. The van der Waals surface area contributed by atoms with E-state index in [0.29, 0.717) is 18.9 Å². The normalized spacial score (nSPS) is 13.9. The molecule has 0 aliphatic rings. The van der Waals surface area contributed by atoms with Crippen LogP contribution in [0.4, 0.5) is 0 Å². The van der Waals surface area contributed by atoms with Crippen molar-refractivity contribution in [1.82, 2.24) is 4.67 Å². The van der Waals surface area contributed by atoms with Gasteiger partial charge in [-0.3, -0.25) is 4.67 Å². The van der Waals surface area contributed by atoms with Crippen molar-refractivity contribution in [2.45, 2.75) is 85.0 Å². The van der Waals surface area contributed by atoms with Gasteiger partial charge < -0.3 is 4.57 Å². The van der Waals surface area contributed by atoms with Crippen LogP contribution >= 0.6 is 7.29 Å². The Bertz CT molecular complexity index is 348. The van der Waals surface area contributed by atoms with Crippen LogP contribution in [-0.2, 0) is 4.57 Å². The van der Waals surface area contributed by atoms with E-state index >= 15 is 0 Å². The van der Waals surface area contributed by atoms with E-state index in [0.717, 1.165) is 13.0 Å². The topological polar surface area (TPSA) is 44.1 Å². The fourth-order valence-corrected chi connectivity index (χ4v) is 6.42. The Morgan fingerprint density at radius 3 is 2.10 bits per heavy atom. The fraction of sp³-hybridized carbons (Fsp3) is 0.941. The molecule has 1 unspecified atom stereocenters. The van der Waals surface area contributed by atoms with Crippen molar-refractivity contribution in [3.8, 4) is 6.07 Å². The summed E-state index contributed by atoms with van der Waals surface area (Å²) in [5, 5.41) is 8.92. The summed E-state index contributed by atoms with van der Waals surface area (Å²) in [6.45, 7) is 14.2. The summed E-state index contributed by atoms with van der Waals surface area (Å²) in [5.41, 5.74) is 0.305. The highest BCUT2D eigenvalue weighted by molar-refractivity contribution is 7.62. The van der Waals surface area contributed by atoms with E-state index in [1.165, 1.54) is 19.3 Å². The molecule has 0 saturated heterocycles. The molecule has 4 heteroatoms. The van der Waals surface area contributed by atoms with E-state index < -0.39 is 7.29 Å². The first-order valence-electron chi connectivity index (χ1n) is 8.56. The van der Waals surface area contributed by atoms with Crippen LogP contribution in [-0.4, -0.2) is 29.1 Å². The smallest absolute Gasteiger partial charge is 0.155 e. The zero-order valence-electron chi connectivity index (χ0n) is 14.9. The van der Waals surface area contributed by atoms with Crippen molar-refractivity contribution >= 4 is 7.29 Å². The summed E-state index contributed by atoms with van der Waals surface area (Å²) in [7, 11) is -2.42. The van der Waals surface area contributed by atoms with Gasteiger partial charge in [-0.05, 0) is 12.3 Å². The molecule has 1 atom stereocenters. The molecular weight excluding hydrogens is 279 g/mol. The standard InChI is InChI=1S/C17H35N2OP/c1-7-9-11-17(8-2)14-19(13-10-12-18)21(20,15(3)4)16(5)6/h15-17H,7-11,13-14H2,1-6H3. The predicted octanol–water partition coefficient (Wildman–Crippen LogP) is 5.51. The lowest BCUT2D eigenvalue weighted by molar-refractivity contribution is 0.314. The van der Waals surface area contributed by atoms with Crippen molar-refractivity contribution in [2.75, 3.05) is 13.1 Å². The van der Waals surface area contributed by atoms with Gasteiger partial charge in [-0.2, -0.15) is 5.26 Å². The van der Waals surface area contributed by atoms with Gasteiger partial charge in [0.1, 0.15) is 0 Å². The first-order chi connectivity index (χ1) is 9.84. The van der Waals surface area contributed by atoms with Crippen molar-refractivity contribution in [1.29, 1.82) is 5.26 Å².